The number of amides is 1. The zero-order valence-corrected chi connectivity index (χ0v) is 19.0. The summed E-state index contributed by atoms with van der Waals surface area (Å²) in [5.74, 6) is 0.825. The lowest BCUT2D eigenvalue weighted by Crippen LogP contribution is -2.30. The van der Waals surface area contributed by atoms with E-state index in [4.69, 9.17) is 9.47 Å². The summed E-state index contributed by atoms with van der Waals surface area (Å²) in [6.07, 6.45) is 2.23. The summed E-state index contributed by atoms with van der Waals surface area (Å²) >= 11 is 1.48. The fourth-order valence-electron chi connectivity index (χ4n) is 4.19. The van der Waals surface area contributed by atoms with Crippen molar-refractivity contribution < 1.29 is 14.3 Å². The van der Waals surface area contributed by atoms with Crippen LogP contribution in [0.25, 0.3) is 21.5 Å². The van der Waals surface area contributed by atoms with E-state index in [0.29, 0.717) is 28.4 Å². The van der Waals surface area contributed by atoms with Crippen LogP contribution in [0, 0.1) is 0 Å². The van der Waals surface area contributed by atoms with Crippen LogP contribution >= 0.6 is 11.3 Å². The summed E-state index contributed by atoms with van der Waals surface area (Å²) in [6, 6.07) is 14.8. The van der Waals surface area contributed by atoms with Gasteiger partial charge in [-0.2, -0.15) is 5.10 Å². The lowest BCUT2D eigenvalue weighted by molar-refractivity contribution is -0.117. The van der Waals surface area contributed by atoms with Crippen molar-refractivity contribution in [2.24, 2.45) is 0 Å². The van der Waals surface area contributed by atoms with Gasteiger partial charge in [0.25, 0.3) is 5.56 Å². The Hall–Kier alpha value is -3.92. The summed E-state index contributed by atoms with van der Waals surface area (Å²) in [7, 11) is 0. The highest BCUT2D eigenvalue weighted by atomic mass is 32.1. The summed E-state index contributed by atoms with van der Waals surface area (Å²) in [4.78, 5) is 33.0. The molecule has 10 heteroatoms. The van der Waals surface area contributed by atoms with Crippen LogP contribution in [-0.2, 0) is 11.3 Å². The average molecular weight is 476 g/mol. The number of hydrogen-bond acceptors (Lipinski definition) is 8. The van der Waals surface area contributed by atoms with Crippen molar-refractivity contribution in [1.29, 1.82) is 0 Å². The Balaban J connectivity index is 1.36. The molecule has 1 saturated heterocycles. The Morgan fingerprint density at radius 1 is 1.06 bits per heavy atom. The van der Waals surface area contributed by atoms with Crippen molar-refractivity contribution in [2.45, 2.75) is 19.4 Å². The fraction of sp³-hybridized carbons (Fsp3) is 0.250. The smallest absolute Gasteiger partial charge is 0.294 e. The van der Waals surface area contributed by atoms with Crippen LogP contribution in [0.3, 0.4) is 0 Å². The first-order valence-corrected chi connectivity index (χ1v) is 11.9. The number of ether oxygens (including phenoxy) is 2. The second kappa shape index (κ2) is 8.45. The average Bonchev–Trinajstić information content (AvgIpc) is 3.61. The van der Waals surface area contributed by atoms with Crippen molar-refractivity contribution in [2.75, 3.05) is 30.1 Å². The quantitative estimate of drug-likeness (QED) is 0.472. The third-order valence-electron chi connectivity index (χ3n) is 5.86. The summed E-state index contributed by atoms with van der Waals surface area (Å²) in [5, 5.41) is 8.23. The van der Waals surface area contributed by atoms with E-state index in [1.54, 1.807) is 18.2 Å². The predicted octanol–water partition coefficient (Wildman–Crippen LogP) is 3.49. The van der Waals surface area contributed by atoms with Gasteiger partial charge in [-0.1, -0.05) is 41.7 Å². The number of rotatable bonds is 5. The molecule has 2 aromatic carbocycles. The molecule has 2 aliphatic rings. The van der Waals surface area contributed by atoms with Gasteiger partial charge in [-0.15, -0.1) is 0 Å². The minimum Gasteiger partial charge on any atom is -0.454 e. The van der Waals surface area contributed by atoms with E-state index in [0.717, 1.165) is 41.3 Å². The molecule has 0 aliphatic carbocycles. The Morgan fingerprint density at radius 2 is 1.85 bits per heavy atom. The van der Waals surface area contributed by atoms with Crippen LogP contribution in [0.5, 0.6) is 11.5 Å². The normalized spacial score (nSPS) is 14.6. The topological polar surface area (TPSA) is 98.6 Å². The maximum atomic E-state index is 13.3. The molecule has 9 nitrogen and oxygen atoms in total. The molecule has 0 saturated carbocycles. The Kier molecular flexibility index (Phi) is 5.14. The van der Waals surface area contributed by atoms with E-state index in [2.05, 4.69) is 20.3 Å². The summed E-state index contributed by atoms with van der Waals surface area (Å²) in [5.41, 5.74) is 2.04. The molecule has 4 heterocycles. The van der Waals surface area contributed by atoms with Crippen LogP contribution in [0.2, 0.25) is 0 Å². The van der Waals surface area contributed by atoms with Gasteiger partial charge in [-0.3, -0.25) is 9.59 Å². The first-order valence-electron chi connectivity index (χ1n) is 11.1. The summed E-state index contributed by atoms with van der Waals surface area (Å²) in [6.45, 7) is 1.78. The molecule has 4 aromatic rings. The van der Waals surface area contributed by atoms with Crippen molar-refractivity contribution in [3.05, 3.63) is 58.9 Å². The predicted molar refractivity (Wildman–Crippen MR) is 130 cm³/mol. The van der Waals surface area contributed by atoms with Gasteiger partial charge in [0.05, 0.1) is 4.70 Å². The fourth-order valence-corrected chi connectivity index (χ4v) is 5.31. The monoisotopic (exact) mass is 475 g/mol. The maximum Gasteiger partial charge on any atom is 0.294 e. The highest BCUT2D eigenvalue weighted by Crippen LogP contribution is 2.35. The molecule has 1 fully saturated rings. The number of anilines is 2. The molecule has 172 valence electrons. The number of aromatic nitrogens is 3. The first kappa shape index (κ1) is 20.7. The maximum absolute atomic E-state index is 13.3. The number of carbonyl (C=O) groups excluding carboxylic acids is 1. The SMILES string of the molecule is O=C(Cn1nc(-c2ccccc2)c2sc(N3CCCC3)nc2c1=O)Nc1ccc2c(c1)OCO2. The van der Waals surface area contributed by atoms with E-state index < -0.39 is 0 Å². The Morgan fingerprint density at radius 3 is 2.68 bits per heavy atom. The molecule has 1 N–H and O–H groups in total. The van der Waals surface area contributed by atoms with Gasteiger partial charge in [0.2, 0.25) is 12.7 Å². The van der Waals surface area contributed by atoms with Crippen LogP contribution < -0.4 is 25.2 Å². The summed E-state index contributed by atoms with van der Waals surface area (Å²) < 4.78 is 12.6. The lowest BCUT2D eigenvalue weighted by Gasteiger charge is -2.11. The molecule has 6 rings (SSSR count). The van der Waals surface area contributed by atoms with Crippen molar-refractivity contribution >= 4 is 38.3 Å². The van der Waals surface area contributed by atoms with Crippen molar-refractivity contribution in [3.63, 3.8) is 0 Å². The van der Waals surface area contributed by atoms with Crippen LogP contribution in [0.15, 0.2) is 53.3 Å². The van der Waals surface area contributed by atoms with E-state index in [1.165, 1.54) is 16.0 Å². The van der Waals surface area contributed by atoms with Gasteiger partial charge in [-0.25, -0.2) is 9.67 Å². The molecule has 0 unspecified atom stereocenters. The zero-order valence-electron chi connectivity index (χ0n) is 18.2. The van der Waals surface area contributed by atoms with Crippen molar-refractivity contribution in [1.82, 2.24) is 14.8 Å². The molecule has 2 aromatic heterocycles. The van der Waals surface area contributed by atoms with E-state index in [1.807, 2.05) is 30.3 Å². The van der Waals surface area contributed by atoms with E-state index >= 15 is 0 Å². The number of benzene rings is 2. The molecular weight excluding hydrogens is 454 g/mol. The molecule has 0 bridgehead atoms. The molecular formula is C24H21N5O4S. The number of carbonyl (C=O) groups is 1. The molecule has 0 spiro atoms. The molecule has 2 aliphatic heterocycles. The highest BCUT2D eigenvalue weighted by molar-refractivity contribution is 7.22. The number of thiazole rings is 1. The second-order valence-electron chi connectivity index (χ2n) is 8.16. The number of hydrogen-bond donors (Lipinski definition) is 1. The van der Waals surface area contributed by atoms with Crippen LogP contribution in [-0.4, -0.2) is 40.6 Å². The van der Waals surface area contributed by atoms with E-state index in [9.17, 15) is 9.59 Å². The third kappa shape index (κ3) is 3.75. The van der Waals surface area contributed by atoms with Gasteiger partial charge < -0.3 is 19.7 Å². The minimum atomic E-state index is -0.378. The lowest BCUT2D eigenvalue weighted by atomic mass is 10.1. The Labute approximate surface area is 198 Å². The molecule has 1 amide bonds. The minimum absolute atomic E-state index is 0.154. The zero-order chi connectivity index (χ0) is 23.1. The second-order valence-corrected chi connectivity index (χ2v) is 9.14. The van der Waals surface area contributed by atoms with Crippen LogP contribution in [0.4, 0.5) is 10.8 Å². The largest absolute Gasteiger partial charge is 0.454 e. The third-order valence-corrected chi connectivity index (χ3v) is 6.99. The molecule has 34 heavy (non-hydrogen) atoms. The van der Waals surface area contributed by atoms with Gasteiger partial charge in [0.15, 0.2) is 22.1 Å². The number of nitrogens with one attached hydrogen (secondary N) is 1. The molecule has 0 radical (unpaired) electrons. The number of nitrogens with zero attached hydrogens (tertiary/aromatic N) is 4. The Bertz CT molecular complexity index is 1440. The van der Waals surface area contributed by atoms with Crippen LogP contribution in [0.1, 0.15) is 12.8 Å². The van der Waals surface area contributed by atoms with E-state index in [-0.39, 0.29) is 24.8 Å². The molecule has 0 atom stereocenters. The first-order chi connectivity index (χ1) is 16.7. The van der Waals surface area contributed by atoms with Gasteiger partial charge in [0.1, 0.15) is 12.2 Å². The number of fused-ring (bicyclic) bond motifs is 2. The van der Waals surface area contributed by atoms with Crippen molar-refractivity contribution in [3.8, 4) is 22.8 Å². The van der Waals surface area contributed by atoms with Gasteiger partial charge in [-0.05, 0) is 25.0 Å². The van der Waals surface area contributed by atoms with Gasteiger partial charge >= 0.3 is 0 Å². The standard InChI is InChI=1S/C24H21N5O4S/c30-19(25-16-8-9-17-18(12-16)33-14-32-17)13-29-23(31)21-22(20(27-29)15-6-2-1-3-7-15)34-24(26-21)28-10-4-5-11-28/h1-3,6-9,12H,4-5,10-11,13-14H2,(H,25,30). The van der Waals surface area contributed by atoms with Gasteiger partial charge in [0, 0.05) is 30.4 Å². The highest BCUT2D eigenvalue weighted by Gasteiger charge is 2.23.